The minimum Gasteiger partial charge on any atom is -0.211 e. The van der Waals surface area contributed by atoms with Crippen LogP contribution in [-0.4, -0.2) is 31.1 Å². The van der Waals surface area contributed by atoms with Crippen LogP contribution < -0.4 is 0 Å². The van der Waals surface area contributed by atoms with Crippen molar-refractivity contribution in [3.63, 3.8) is 0 Å². The van der Waals surface area contributed by atoms with E-state index in [1.807, 2.05) is 0 Å². The van der Waals surface area contributed by atoms with Crippen molar-refractivity contribution in [1.29, 1.82) is 10.5 Å². The third-order valence-electron chi connectivity index (χ3n) is 1.41. The summed E-state index contributed by atoms with van der Waals surface area (Å²) in [6, 6.07) is 3.02. The van der Waals surface area contributed by atoms with Gasteiger partial charge in [-0.05, 0) is 13.8 Å². The molecule has 0 amide bonds. The summed E-state index contributed by atoms with van der Waals surface area (Å²) in [4.78, 5) is 0. The molecule has 6 heteroatoms. The van der Waals surface area contributed by atoms with Crippen LogP contribution in [0.2, 0.25) is 0 Å². The van der Waals surface area contributed by atoms with Gasteiger partial charge < -0.3 is 0 Å². The van der Waals surface area contributed by atoms with Gasteiger partial charge in [0.05, 0.1) is 12.1 Å². The number of hydrogen-bond donors (Lipinski definition) is 0. The molecule has 0 unspecified atom stereocenters. The first kappa shape index (κ1) is 11.9. The lowest BCUT2D eigenvalue weighted by Gasteiger charge is -2.21. The van der Waals surface area contributed by atoms with Crippen LogP contribution in [0.25, 0.3) is 0 Å². The SMILES string of the molecule is CC(C)N(CC#N)S(=O)(=O)CC#N. The molecule has 0 aromatic heterocycles. The Morgan fingerprint density at radius 2 is 1.85 bits per heavy atom. The van der Waals surface area contributed by atoms with Crippen molar-refractivity contribution in [3.8, 4) is 12.1 Å². The largest absolute Gasteiger partial charge is 0.228 e. The maximum Gasteiger partial charge on any atom is 0.228 e. The van der Waals surface area contributed by atoms with Crippen molar-refractivity contribution in [2.45, 2.75) is 19.9 Å². The summed E-state index contributed by atoms with van der Waals surface area (Å²) in [5.74, 6) is -0.577. The summed E-state index contributed by atoms with van der Waals surface area (Å²) >= 11 is 0. The average Bonchev–Trinajstić information content (AvgIpc) is 1.99. The molecular formula is C7H11N3O2S. The Morgan fingerprint density at radius 3 is 2.15 bits per heavy atom. The summed E-state index contributed by atoms with van der Waals surface area (Å²) in [7, 11) is -3.58. The smallest absolute Gasteiger partial charge is 0.211 e. The van der Waals surface area contributed by atoms with Crippen molar-refractivity contribution < 1.29 is 8.42 Å². The Balaban J connectivity index is 4.78. The van der Waals surface area contributed by atoms with Gasteiger partial charge in [0.1, 0.15) is 6.54 Å². The minimum atomic E-state index is -3.58. The fraction of sp³-hybridized carbons (Fsp3) is 0.714. The zero-order valence-electron chi connectivity index (χ0n) is 7.56. The molecule has 0 N–H and O–H groups in total. The molecule has 0 aliphatic heterocycles. The van der Waals surface area contributed by atoms with Gasteiger partial charge in [-0.1, -0.05) is 0 Å². The van der Waals surface area contributed by atoms with Crippen LogP contribution in [0.5, 0.6) is 0 Å². The molecule has 0 aliphatic carbocycles. The van der Waals surface area contributed by atoms with Gasteiger partial charge in [-0.2, -0.15) is 14.8 Å². The standard InChI is InChI=1S/C7H11N3O2S/c1-7(2)10(5-3-8)13(11,12)6-4-9/h7H,5-6H2,1-2H3. The van der Waals surface area contributed by atoms with E-state index in [9.17, 15) is 8.42 Å². The lowest BCUT2D eigenvalue weighted by atomic mass is 10.4. The maximum atomic E-state index is 11.3. The van der Waals surface area contributed by atoms with Crippen LogP contribution in [-0.2, 0) is 10.0 Å². The predicted molar refractivity (Wildman–Crippen MR) is 46.9 cm³/mol. The van der Waals surface area contributed by atoms with Gasteiger partial charge in [-0.3, -0.25) is 0 Å². The summed E-state index contributed by atoms with van der Waals surface area (Å²) in [6.07, 6.45) is 0. The minimum absolute atomic E-state index is 0.207. The van der Waals surface area contributed by atoms with E-state index < -0.39 is 15.8 Å². The number of nitriles is 2. The molecule has 13 heavy (non-hydrogen) atoms. The number of sulfonamides is 1. The molecule has 0 aliphatic rings. The number of rotatable bonds is 4. The molecular weight excluding hydrogens is 190 g/mol. The van der Waals surface area contributed by atoms with Crippen LogP contribution in [0, 0.1) is 22.7 Å². The molecule has 0 spiro atoms. The highest BCUT2D eigenvalue weighted by atomic mass is 32.2. The second-order valence-electron chi connectivity index (χ2n) is 2.71. The quantitative estimate of drug-likeness (QED) is 0.602. The van der Waals surface area contributed by atoms with Gasteiger partial charge in [0, 0.05) is 6.04 Å². The van der Waals surface area contributed by atoms with Crippen molar-refractivity contribution in [3.05, 3.63) is 0 Å². The summed E-state index contributed by atoms with van der Waals surface area (Å²) in [5.41, 5.74) is 0. The third kappa shape index (κ3) is 3.41. The Kier molecular flexibility index (Phi) is 4.39. The molecule has 0 aromatic rings. The van der Waals surface area contributed by atoms with Crippen molar-refractivity contribution in [2.75, 3.05) is 12.3 Å². The average molecular weight is 201 g/mol. The highest BCUT2D eigenvalue weighted by molar-refractivity contribution is 7.89. The van der Waals surface area contributed by atoms with E-state index >= 15 is 0 Å². The Morgan fingerprint density at radius 1 is 1.31 bits per heavy atom. The van der Waals surface area contributed by atoms with E-state index in [1.165, 1.54) is 0 Å². The number of nitrogens with zero attached hydrogens (tertiary/aromatic N) is 3. The molecule has 0 aromatic carbocycles. The van der Waals surface area contributed by atoms with E-state index in [1.54, 1.807) is 26.0 Å². The molecule has 0 bridgehead atoms. The van der Waals surface area contributed by atoms with E-state index in [4.69, 9.17) is 10.5 Å². The van der Waals surface area contributed by atoms with Gasteiger partial charge >= 0.3 is 0 Å². The van der Waals surface area contributed by atoms with Gasteiger partial charge in [-0.25, -0.2) is 8.42 Å². The molecule has 0 atom stereocenters. The van der Waals surface area contributed by atoms with Gasteiger partial charge in [0.15, 0.2) is 5.75 Å². The highest BCUT2D eigenvalue weighted by Crippen LogP contribution is 2.05. The fourth-order valence-corrected chi connectivity index (χ4v) is 2.06. The van der Waals surface area contributed by atoms with Crippen molar-refractivity contribution >= 4 is 10.0 Å². The second kappa shape index (κ2) is 4.80. The normalized spacial score (nSPS) is 11.2. The molecule has 0 radical (unpaired) electrons. The highest BCUT2D eigenvalue weighted by Gasteiger charge is 2.23. The summed E-state index contributed by atoms with van der Waals surface area (Å²) in [6.45, 7) is 3.11. The number of hydrogen-bond acceptors (Lipinski definition) is 4. The van der Waals surface area contributed by atoms with Gasteiger partial charge in [0.2, 0.25) is 10.0 Å². The summed E-state index contributed by atoms with van der Waals surface area (Å²) < 4.78 is 23.6. The maximum absolute atomic E-state index is 11.3. The lowest BCUT2D eigenvalue weighted by molar-refractivity contribution is 0.387. The Bertz CT molecular complexity index is 334. The predicted octanol–water partition coefficient (Wildman–Crippen LogP) is 0.0738. The molecule has 0 saturated carbocycles. The Hall–Kier alpha value is -1.11. The van der Waals surface area contributed by atoms with Crippen LogP contribution >= 0.6 is 0 Å². The topological polar surface area (TPSA) is 85.0 Å². The summed E-state index contributed by atoms with van der Waals surface area (Å²) in [5, 5.41) is 16.6. The van der Waals surface area contributed by atoms with Crippen LogP contribution in [0.3, 0.4) is 0 Å². The molecule has 5 nitrogen and oxygen atoms in total. The first-order valence-corrected chi connectivity index (χ1v) is 5.30. The van der Waals surface area contributed by atoms with E-state index in [-0.39, 0.29) is 12.6 Å². The fourth-order valence-electron chi connectivity index (χ4n) is 0.836. The van der Waals surface area contributed by atoms with E-state index in [0.29, 0.717) is 0 Å². The lowest BCUT2D eigenvalue weighted by Crippen LogP contribution is -2.38. The van der Waals surface area contributed by atoms with Gasteiger partial charge in [0.25, 0.3) is 0 Å². The third-order valence-corrected chi connectivity index (χ3v) is 3.17. The van der Waals surface area contributed by atoms with E-state index in [2.05, 4.69) is 0 Å². The molecule has 0 saturated heterocycles. The molecule has 0 heterocycles. The monoisotopic (exact) mass is 201 g/mol. The zero-order chi connectivity index (χ0) is 10.5. The van der Waals surface area contributed by atoms with Crippen molar-refractivity contribution in [1.82, 2.24) is 4.31 Å². The van der Waals surface area contributed by atoms with Crippen molar-refractivity contribution in [2.24, 2.45) is 0 Å². The van der Waals surface area contributed by atoms with Crippen LogP contribution in [0.1, 0.15) is 13.8 Å². The Labute approximate surface area is 78.2 Å². The molecule has 0 fully saturated rings. The zero-order valence-corrected chi connectivity index (χ0v) is 8.37. The van der Waals surface area contributed by atoms with Gasteiger partial charge in [-0.15, -0.1) is 0 Å². The molecule has 0 rings (SSSR count). The van der Waals surface area contributed by atoms with Crippen LogP contribution in [0.15, 0.2) is 0 Å². The first-order chi connectivity index (χ1) is 5.95. The van der Waals surface area contributed by atoms with Crippen LogP contribution in [0.4, 0.5) is 0 Å². The molecule has 72 valence electrons. The van der Waals surface area contributed by atoms with E-state index in [0.717, 1.165) is 4.31 Å². The second-order valence-corrected chi connectivity index (χ2v) is 4.63. The first-order valence-electron chi connectivity index (χ1n) is 3.69.